The summed E-state index contributed by atoms with van der Waals surface area (Å²) in [5, 5.41) is 0. The van der Waals surface area contributed by atoms with Crippen LogP contribution in [0.4, 0.5) is 4.39 Å². The number of nitrogens with two attached hydrogens (primary N) is 1. The highest BCUT2D eigenvalue weighted by molar-refractivity contribution is 9.10. The third kappa shape index (κ3) is 2.64. The Labute approximate surface area is 126 Å². The van der Waals surface area contributed by atoms with Gasteiger partial charge in [-0.05, 0) is 57.4 Å². The van der Waals surface area contributed by atoms with Gasteiger partial charge in [0.15, 0.2) is 0 Å². The molecule has 3 unspecified atom stereocenters. The molecule has 1 saturated carbocycles. The van der Waals surface area contributed by atoms with Crippen LogP contribution in [0.15, 0.2) is 53.0 Å². The van der Waals surface area contributed by atoms with E-state index in [-0.39, 0.29) is 11.9 Å². The topological polar surface area (TPSA) is 38.0 Å². The maximum Gasteiger partial charge on any atom is 0.137 e. The fraction of sp³-hybridized carbons (Fsp3) is 0.250. The van der Waals surface area contributed by atoms with Crippen molar-refractivity contribution in [2.75, 3.05) is 0 Å². The Balaban J connectivity index is 1.80. The lowest BCUT2D eigenvalue weighted by Gasteiger charge is -2.17. The normalized spacial score (nSPS) is 22.6. The van der Waals surface area contributed by atoms with Crippen LogP contribution in [0.25, 0.3) is 0 Å². The van der Waals surface area contributed by atoms with Gasteiger partial charge in [-0.1, -0.05) is 36.4 Å². The maximum absolute atomic E-state index is 13.3. The summed E-state index contributed by atoms with van der Waals surface area (Å²) in [6.07, 6.45) is 1.11. The van der Waals surface area contributed by atoms with Gasteiger partial charge in [-0.3, -0.25) is 11.3 Å². The number of benzene rings is 2. The van der Waals surface area contributed by atoms with Gasteiger partial charge in [-0.2, -0.15) is 0 Å². The molecule has 0 bridgehead atoms. The van der Waals surface area contributed by atoms with Crippen molar-refractivity contribution in [2.24, 2.45) is 11.8 Å². The molecule has 104 valence electrons. The van der Waals surface area contributed by atoms with E-state index < -0.39 is 0 Å². The van der Waals surface area contributed by atoms with Crippen LogP contribution in [0, 0.1) is 11.7 Å². The minimum atomic E-state index is -0.250. The van der Waals surface area contributed by atoms with Crippen LogP contribution < -0.4 is 11.3 Å². The lowest BCUT2D eigenvalue weighted by Crippen LogP contribution is -2.29. The largest absolute Gasteiger partial charge is 0.271 e. The van der Waals surface area contributed by atoms with Gasteiger partial charge in [-0.25, -0.2) is 4.39 Å². The number of hydrogen-bond donors (Lipinski definition) is 2. The van der Waals surface area contributed by atoms with Gasteiger partial charge in [0.1, 0.15) is 5.82 Å². The van der Waals surface area contributed by atoms with Crippen LogP contribution in [-0.2, 0) is 0 Å². The first-order chi connectivity index (χ1) is 9.70. The molecular formula is C16H16BrFN2. The number of rotatable bonds is 4. The molecule has 1 fully saturated rings. The first-order valence-electron chi connectivity index (χ1n) is 6.66. The quantitative estimate of drug-likeness (QED) is 0.657. The van der Waals surface area contributed by atoms with E-state index in [0.29, 0.717) is 16.3 Å². The average molecular weight is 335 g/mol. The summed E-state index contributed by atoms with van der Waals surface area (Å²) in [5.74, 6) is 6.45. The molecular weight excluding hydrogens is 319 g/mol. The Morgan fingerprint density at radius 2 is 1.95 bits per heavy atom. The van der Waals surface area contributed by atoms with Gasteiger partial charge < -0.3 is 0 Å². The van der Waals surface area contributed by atoms with Crippen LogP contribution >= 0.6 is 15.9 Å². The van der Waals surface area contributed by atoms with E-state index in [9.17, 15) is 4.39 Å². The number of halogens is 2. The molecule has 0 radical (unpaired) electrons. The van der Waals surface area contributed by atoms with E-state index in [2.05, 4.69) is 45.6 Å². The summed E-state index contributed by atoms with van der Waals surface area (Å²) >= 11 is 3.23. The molecule has 3 N–H and O–H groups in total. The molecule has 2 aromatic rings. The Morgan fingerprint density at radius 1 is 1.20 bits per heavy atom. The van der Waals surface area contributed by atoms with Crippen molar-refractivity contribution in [1.29, 1.82) is 0 Å². The van der Waals surface area contributed by atoms with Crippen LogP contribution in [0.3, 0.4) is 0 Å². The van der Waals surface area contributed by atoms with Crippen molar-refractivity contribution in [3.63, 3.8) is 0 Å². The van der Waals surface area contributed by atoms with Gasteiger partial charge in [0.2, 0.25) is 0 Å². The number of hydrogen-bond acceptors (Lipinski definition) is 2. The van der Waals surface area contributed by atoms with Crippen molar-refractivity contribution in [3.8, 4) is 0 Å². The molecule has 0 aliphatic heterocycles. The molecule has 0 heterocycles. The van der Waals surface area contributed by atoms with E-state index in [1.807, 2.05) is 6.07 Å². The van der Waals surface area contributed by atoms with Crippen molar-refractivity contribution < 1.29 is 4.39 Å². The summed E-state index contributed by atoms with van der Waals surface area (Å²) in [5.41, 5.74) is 5.25. The maximum atomic E-state index is 13.3. The van der Waals surface area contributed by atoms with Crippen LogP contribution in [-0.4, -0.2) is 0 Å². The molecule has 1 aliphatic carbocycles. The third-order valence-corrected chi connectivity index (χ3v) is 4.59. The Kier molecular flexibility index (Phi) is 3.87. The van der Waals surface area contributed by atoms with Gasteiger partial charge in [-0.15, -0.1) is 0 Å². The molecule has 0 amide bonds. The van der Waals surface area contributed by atoms with Crippen LogP contribution in [0.2, 0.25) is 0 Å². The van der Waals surface area contributed by atoms with Crippen molar-refractivity contribution >= 4 is 15.9 Å². The first kappa shape index (κ1) is 13.7. The minimum absolute atomic E-state index is 0.0529. The van der Waals surface area contributed by atoms with Crippen molar-refractivity contribution in [2.45, 2.75) is 18.4 Å². The second-order valence-corrected chi connectivity index (χ2v) is 6.09. The standard InChI is InChI=1S/C16H16BrFN2/c17-14-8-11(6-7-15(14)18)16(20-19)13-9-12(13)10-4-2-1-3-5-10/h1-8,12-13,16,20H,9,19H2. The molecule has 0 aromatic heterocycles. The van der Waals surface area contributed by atoms with E-state index in [1.54, 1.807) is 12.1 Å². The lowest BCUT2D eigenvalue weighted by atomic mass is 9.99. The zero-order chi connectivity index (χ0) is 14.1. The number of hydrazine groups is 1. The Bertz CT molecular complexity index is 603. The third-order valence-electron chi connectivity index (χ3n) is 3.98. The summed E-state index contributed by atoms with van der Waals surface area (Å²) in [4.78, 5) is 0. The molecule has 1 aliphatic rings. The average Bonchev–Trinajstić information content (AvgIpc) is 3.25. The van der Waals surface area contributed by atoms with Gasteiger partial charge in [0.25, 0.3) is 0 Å². The molecule has 0 spiro atoms. The van der Waals surface area contributed by atoms with Gasteiger partial charge in [0.05, 0.1) is 4.47 Å². The highest BCUT2D eigenvalue weighted by atomic mass is 79.9. The second-order valence-electron chi connectivity index (χ2n) is 5.23. The molecule has 2 nitrogen and oxygen atoms in total. The van der Waals surface area contributed by atoms with E-state index in [4.69, 9.17) is 5.84 Å². The Morgan fingerprint density at radius 3 is 2.60 bits per heavy atom. The summed E-state index contributed by atoms with van der Waals surface area (Å²) in [6.45, 7) is 0. The van der Waals surface area contributed by atoms with Crippen molar-refractivity contribution in [1.82, 2.24) is 5.43 Å². The smallest absolute Gasteiger partial charge is 0.137 e. The van der Waals surface area contributed by atoms with E-state index in [1.165, 1.54) is 11.6 Å². The molecule has 0 saturated heterocycles. The highest BCUT2D eigenvalue weighted by Crippen LogP contribution is 2.53. The number of nitrogens with one attached hydrogen (secondary N) is 1. The van der Waals surface area contributed by atoms with Crippen LogP contribution in [0.1, 0.15) is 29.5 Å². The fourth-order valence-electron chi connectivity index (χ4n) is 2.84. The van der Waals surface area contributed by atoms with Crippen molar-refractivity contribution in [3.05, 3.63) is 69.9 Å². The lowest BCUT2D eigenvalue weighted by molar-refractivity contribution is 0.486. The predicted octanol–water partition coefficient (Wildman–Crippen LogP) is 3.90. The fourth-order valence-corrected chi connectivity index (χ4v) is 3.24. The Hall–Kier alpha value is -1.23. The van der Waals surface area contributed by atoms with E-state index >= 15 is 0 Å². The van der Waals surface area contributed by atoms with E-state index in [0.717, 1.165) is 12.0 Å². The molecule has 3 rings (SSSR count). The second kappa shape index (κ2) is 5.64. The summed E-state index contributed by atoms with van der Waals surface area (Å²) < 4.78 is 13.8. The minimum Gasteiger partial charge on any atom is -0.271 e. The van der Waals surface area contributed by atoms with Crippen LogP contribution in [0.5, 0.6) is 0 Å². The van der Waals surface area contributed by atoms with Gasteiger partial charge in [0, 0.05) is 6.04 Å². The monoisotopic (exact) mass is 334 g/mol. The molecule has 20 heavy (non-hydrogen) atoms. The molecule has 2 aromatic carbocycles. The SMILES string of the molecule is NNC(c1ccc(F)c(Br)c1)C1CC1c1ccccc1. The summed E-state index contributed by atoms with van der Waals surface area (Å²) in [7, 11) is 0. The zero-order valence-corrected chi connectivity index (χ0v) is 12.5. The molecule has 4 heteroatoms. The first-order valence-corrected chi connectivity index (χ1v) is 7.46. The van der Waals surface area contributed by atoms with Gasteiger partial charge >= 0.3 is 0 Å². The highest BCUT2D eigenvalue weighted by Gasteiger charge is 2.44. The summed E-state index contributed by atoms with van der Waals surface area (Å²) in [6, 6.07) is 15.6. The molecule has 3 atom stereocenters. The zero-order valence-electron chi connectivity index (χ0n) is 10.9. The predicted molar refractivity (Wildman–Crippen MR) is 81.5 cm³/mol.